The highest BCUT2D eigenvalue weighted by molar-refractivity contribution is 9.10. The van der Waals surface area contributed by atoms with Crippen molar-refractivity contribution in [2.45, 2.75) is 12.8 Å². The predicted octanol–water partition coefficient (Wildman–Crippen LogP) is 4.50. The summed E-state index contributed by atoms with van der Waals surface area (Å²) in [6.45, 7) is 1.79. The molecule has 1 aromatic heterocycles. The monoisotopic (exact) mass is 368 g/mol. The molecule has 0 atom stereocenters. The van der Waals surface area contributed by atoms with Gasteiger partial charge in [0.05, 0.1) is 5.69 Å². The van der Waals surface area contributed by atoms with Crippen LogP contribution in [0, 0.1) is 5.82 Å². The van der Waals surface area contributed by atoms with Crippen LogP contribution in [0.15, 0.2) is 34.1 Å². The number of amides is 1. The molecule has 0 saturated carbocycles. The topological polar surface area (TPSA) is 32.3 Å². The van der Waals surface area contributed by atoms with E-state index in [2.05, 4.69) is 21.2 Å². The maximum atomic E-state index is 14.2. The first-order chi connectivity index (χ1) is 10.1. The largest absolute Gasteiger partial charge is 0.369 e. The van der Waals surface area contributed by atoms with E-state index in [-0.39, 0.29) is 11.7 Å². The zero-order valence-electron chi connectivity index (χ0n) is 11.2. The zero-order chi connectivity index (χ0) is 14.8. The third kappa shape index (κ3) is 3.11. The van der Waals surface area contributed by atoms with Crippen LogP contribution in [0.5, 0.6) is 0 Å². The number of carbonyl (C=O) groups is 1. The van der Waals surface area contributed by atoms with Gasteiger partial charge in [0.15, 0.2) is 0 Å². The Labute approximate surface area is 134 Å². The molecule has 1 fully saturated rings. The number of halogens is 2. The van der Waals surface area contributed by atoms with E-state index in [1.54, 1.807) is 12.1 Å². The summed E-state index contributed by atoms with van der Waals surface area (Å²) >= 11 is 4.66. The Balaban J connectivity index is 1.76. The van der Waals surface area contributed by atoms with Gasteiger partial charge in [0, 0.05) is 23.2 Å². The van der Waals surface area contributed by atoms with E-state index >= 15 is 0 Å². The van der Waals surface area contributed by atoms with Gasteiger partial charge in [-0.05, 0) is 58.4 Å². The second kappa shape index (κ2) is 6.15. The average Bonchev–Trinajstić information content (AvgIpc) is 3.10. The summed E-state index contributed by atoms with van der Waals surface area (Å²) in [4.78, 5) is 14.7. The molecular weight excluding hydrogens is 355 g/mol. The maximum Gasteiger partial charge on any atom is 0.266 e. The quantitative estimate of drug-likeness (QED) is 0.864. The first kappa shape index (κ1) is 14.5. The van der Waals surface area contributed by atoms with Crippen LogP contribution >= 0.6 is 27.3 Å². The molecule has 2 aromatic rings. The van der Waals surface area contributed by atoms with Gasteiger partial charge in [-0.3, -0.25) is 4.79 Å². The molecule has 2 heterocycles. The highest BCUT2D eigenvalue weighted by Gasteiger charge is 2.17. The van der Waals surface area contributed by atoms with Crippen LogP contribution in [-0.4, -0.2) is 19.0 Å². The number of carbonyl (C=O) groups excluding carboxylic acids is 1. The number of hydrogen-bond acceptors (Lipinski definition) is 3. The van der Waals surface area contributed by atoms with Gasteiger partial charge < -0.3 is 10.2 Å². The Morgan fingerprint density at radius 3 is 2.67 bits per heavy atom. The van der Waals surface area contributed by atoms with E-state index in [9.17, 15) is 9.18 Å². The Kier molecular flexibility index (Phi) is 4.26. The Morgan fingerprint density at radius 2 is 2.05 bits per heavy atom. The maximum absolute atomic E-state index is 14.2. The molecule has 0 aliphatic carbocycles. The summed E-state index contributed by atoms with van der Waals surface area (Å²) in [7, 11) is 0. The molecule has 0 spiro atoms. The summed E-state index contributed by atoms with van der Waals surface area (Å²) < 4.78 is 14.9. The molecule has 0 radical (unpaired) electrons. The van der Waals surface area contributed by atoms with E-state index in [1.165, 1.54) is 17.4 Å². The molecule has 3 nitrogen and oxygen atoms in total. The summed E-state index contributed by atoms with van der Waals surface area (Å²) in [6, 6.07) is 6.68. The Bertz CT molecular complexity index is 667. The molecule has 1 aliphatic rings. The van der Waals surface area contributed by atoms with Crippen LogP contribution in [0.3, 0.4) is 0 Å². The average molecular weight is 369 g/mol. The number of hydrogen-bond donors (Lipinski definition) is 1. The van der Waals surface area contributed by atoms with Crippen molar-refractivity contribution in [3.63, 3.8) is 0 Å². The van der Waals surface area contributed by atoms with Crippen molar-refractivity contribution in [3.05, 3.63) is 44.8 Å². The molecule has 1 saturated heterocycles. The standard InChI is InChI=1S/C15H14BrFN2OS/c16-11-5-8-21-14(11)15(20)18-10-3-4-13(12(17)9-10)19-6-1-2-7-19/h3-5,8-9H,1-2,6-7H2,(H,18,20). The molecule has 0 unspecified atom stereocenters. The summed E-state index contributed by atoms with van der Waals surface area (Å²) in [5.41, 5.74) is 1.09. The second-order valence-corrected chi connectivity index (χ2v) is 6.68. The predicted molar refractivity (Wildman–Crippen MR) is 87.8 cm³/mol. The second-order valence-electron chi connectivity index (χ2n) is 4.91. The van der Waals surface area contributed by atoms with Crippen LogP contribution in [-0.2, 0) is 0 Å². The van der Waals surface area contributed by atoms with Gasteiger partial charge in [-0.25, -0.2) is 4.39 Å². The number of anilines is 2. The normalized spacial score (nSPS) is 14.5. The van der Waals surface area contributed by atoms with Crippen molar-refractivity contribution in [1.29, 1.82) is 0 Å². The van der Waals surface area contributed by atoms with Crippen LogP contribution < -0.4 is 10.2 Å². The lowest BCUT2D eigenvalue weighted by Crippen LogP contribution is -2.19. The molecule has 0 bridgehead atoms. The lowest BCUT2D eigenvalue weighted by Gasteiger charge is -2.18. The van der Waals surface area contributed by atoms with Gasteiger partial charge in [0.1, 0.15) is 10.7 Å². The third-order valence-corrected chi connectivity index (χ3v) is 5.31. The van der Waals surface area contributed by atoms with Crippen molar-refractivity contribution in [3.8, 4) is 0 Å². The van der Waals surface area contributed by atoms with E-state index in [4.69, 9.17) is 0 Å². The van der Waals surface area contributed by atoms with Crippen LogP contribution in [0.25, 0.3) is 0 Å². The highest BCUT2D eigenvalue weighted by Crippen LogP contribution is 2.27. The molecule has 6 heteroatoms. The molecule has 3 rings (SSSR count). The lowest BCUT2D eigenvalue weighted by molar-refractivity contribution is 0.103. The molecule has 1 aromatic carbocycles. The fraction of sp³-hybridized carbons (Fsp3) is 0.267. The van der Waals surface area contributed by atoms with Crippen LogP contribution in [0.4, 0.5) is 15.8 Å². The van der Waals surface area contributed by atoms with Crippen molar-refractivity contribution in [2.24, 2.45) is 0 Å². The minimum Gasteiger partial charge on any atom is -0.369 e. The summed E-state index contributed by atoms with van der Waals surface area (Å²) in [5.74, 6) is -0.523. The zero-order valence-corrected chi connectivity index (χ0v) is 13.6. The number of nitrogens with zero attached hydrogens (tertiary/aromatic N) is 1. The summed E-state index contributed by atoms with van der Waals surface area (Å²) in [6.07, 6.45) is 2.20. The Morgan fingerprint density at radius 1 is 1.29 bits per heavy atom. The molecule has 110 valence electrons. The van der Waals surface area contributed by atoms with Gasteiger partial charge in [-0.2, -0.15) is 0 Å². The van der Waals surface area contributed by atoms with Crippen molar-refractivity contribution in [2.75, 3.05) is 23.3 Å². The third-order valence-electron chi connectivity index (χ3n) is 3.48. The first-order valence-corrected chi connectivity index (χ1v) is 8.41. The van der Waals surface area contributed by atoms with Crippen molar-refractivity contribution < 1.29 is 9.18 Å². The smallest absolute Gasteiger partial charge is 0.266 e. The van der Waals surface area contributed by atoms with Gasteiger partial charge in [0.2, 0.25) is 0 Å². The molecule has 21 heavy (non-hydrogen) atoms. The number of thiophene rings is 1. The Hall–Kier alpha value is -1.40. The van der Waals surface area contributed by atoms with E-state index < -0.39 is 0 Å². The van der Waals surface area contributed by atoms with E-state index in [0.29, 0.717) is 16.3 Å². The van der Waals surface area contributed by atoms with Gasteiger partial charge >= 0.3 is 0 Å². The summed E-state index contributed by atoms with van der Waals surface area (Å²) in [5, 5.41) is 4.56. The van der Waals surface area contributed by atoms with E-state index in [1.807, 2.05) is 16.3 Å². The van der Waals surface area contributed by atoms with E-state index in [0.717, 1.165) is 30.4 Å². The van der Waals surface area contributed by atoms with Gasteiger partial charge in [-0.15, -0.1) is 11.3 Å². The molecule has 1 amide bonds. The number of rotatable bonds is 3. The van der Waals surface area contributed by atoms with Gasteiger partial charge in [-0.1, -0.05) is 0 Å². The van der Waals surface area contributed by atoms with Crippen LogP contribution in [0.2, 0.25) is 0 Å². The molecule has 1 aliphatic heterocycles. The number of nitrogens with one attached hydrogen (secondary N) is 1. The van der Waals surface area contributed by atoms with Crippen LogP contribution in [0.1, 0.15) is 22.5 Å². The SMILES string of the molecule is O=C(Nc1ccc(N2CCCC2)c(F)c1)c1sccc1Br. The van der Waals surface area contributed by atoms with Crippen molar-refractivity contribution >= 4 is 44.5 Å². The van der Waals surface area contributed by atoms with Gasteiger partial charge in [0.25, 0.3) is 5.91 Å². The molecular formula is C15H14BrFN2OS. The highest BCUT2D eigenvalue weighted by atomic mass is 79.9. The fourth-order valence-electron chi connectivity index (χ4n) is 2.44. The first-order valence-electron chi connectivity index (χ1n) is 6.74. The molecule has 1 N–H and O–H groups in total. The minimum atomic E-state index is -0.292. The fourth-order valence-corrected chi connectivity index (χ4v) is 3.89. The number of benzene rings is 1. The minimum absolute atomic E-state index is 0.231. The lowest BCUT2D eigenvalue weighted by atomic mass is 10.2. The van der Waals surface area contributed by atoms with Crippen molar-refractivity contribution in [1.82, 2.24) is 0 Å².